The summed E-state index contributed by atoms with van der Waals surface area (Å²) in [6.07, 6.45) is 0. The van der Waals surface area contributed by atoms with Gasteiger partial charge >= 0.3 is 0 Å². The Labute approximate surface area is 124 Å². The zero-order valence-electron chi connectivity index (χ0n) is 10.8. The molecule has 1 aliphatic rings. The van der Waals surface area contributed by atoms with Crippen molar-refractivity contribution in [3.63, 3.8) is 0 Å². The molecule has 2 N–H and O–H groups in total. The van der Waals surface area contributed by atoms with Gasteiger partial charge in [0.15, 0.2) is 0 Å². The van der Waals surface area contributed by atoms with Gasteiger partial charge in [0.25, 0.3) is 0 Å². The number of hydrogen-bond acceptors (Lipinski definition) is 3. The fourth-order valence-corrected chi connectivity index (χ4v) is 2.64. The van der Waals surface area contributed by atoms with Crippen LogP contribution in [0.2, 0.25) is 5.02 Å². The van der Waals surface area contributed by atoms with Crippen LogP contribution in [0.15, 0.2) is 12.1 Å². The number of benzene rings is 1. The third-order valence-corrected chi connectivity index (χ3v) is 3.75. The molecule has 19 heavy (non-hydrogen) atoms. The molecule has 1 fully saturated rings. The van der Waals surface area contributed by atoms with Crippen LogP contribution in [0.25, 0.3) is 0 Å². The van der Waals surface area contributed by atoms with E-state index in [-0.39, 0.29) is 30.9 Å². The van der Waals surface area contributed by atoms with Crippen molar-refractivity contribution in [2.45, 2.75) is 13.0 Å². The predicted molar refractivity (Wildman–Crippen MR) is 77.7 cm³/mol. The van der Waals surface area contributed by atoms with Gasteiger partial charge in [0, 0.05) is 36.8 Å². The molecule has 0 spiro atoms. The monoisotopic (exact) mass is 308 g/mol. The molecule has 108 valence electrons. The molecule has 1 aromatic rings. The fourth-order valence-electron chi connectivity index (χ4n) is 2.37. The van der Waals surface area contributed by atoms with Crippen LogP contribution >= 0.6 is 24.0 Å². The topological polar surface area (TPSA) is 35.5 Å². The van der Waals surface area contributed by atoms with Crippen molar-refractivity contribution in [2.75, 3.05) is 32.8 Å². The summed E-state index contributed by atoms with van der Waals surface area (Å²) in [4.78, 5) is 2.07. The van der Waals surface area contributed by atoms with E-state index in [0.717, 1.165) is 26.2 Å². The van der Waals surface area contributed by atoms with Gasteiger partial charge in [-0.25, -0.2) is 4.39 Å². The Morgan fingerprint density at radius 1 is 1.42 bits per heavy atom. The van der Waals surface area contributed by atoms with Crippen molar-refractivity contribution in [3.8, 4) is 0 Å². The van der Waals surface area contributed by atoms with Crippen LogP contribution in [0.4, 0.5) is 4.39 Å². The summed E-state index contributed by atoms with van der Waals surface area (Å²) < 4.78 is 14.2. The first-order valence-corrected chi connectivity index (χ1v) is 6.53. The number of aliphatic hydroxyl groups excluding tert-OH is 1. The first kappa shape index (κ1) is 16.7. The van der Waals surface area contributed by atoms with Crippen molar-refractivity contribution in [2.24, 2.45) is 0 Å². The normalized spacial score (nSPS) is 17.9. The molecule has 1 saturated heterocycles. The van der Waals surface area contributed by atoms with E-state index in [0.29, 0.717) is 16.1 Å². The molecule has 0 aromatic heterocycles. The molecule has 0 bridgehead atoms. The number of piperazine rings is 1. The molecule has 3 nitrogen and oxygen atoms in total. The molecule has 0 saturated carbocycles. The van der Waals surface area contributed by atoms with Gasteiger partial charge in [-0.3, -0.25) is 4.90 Å². The Morgan fingerprint density at radius 2 is 2.05 bits per heavy atom. The minimum Gasteiger partial charge on any atom is -0.394 e. The minimum atomic E-state index is -0.362. The van der Waals surface area contributed by atoms with E-state index < -0.39 is 0 Å². The molecule has 6 heteroatoms. The summed E-state index contributed by atoms with van der Waals surface area (Å²) in [5.74, 6) is -0.305. The molecule has 0 aliphatic carbocycles. The number of nitrogens with zero attached hydrogens (tertiary/aromatic N) is 1. The van der Waals surface area contributed by atoms with Crippen molar-refractivity contribution in [1.82, 2.24) is 10.2 Å². The summed E-state index contributed by atoms with van der Waals surface area (Å²) in [5.41, 5.74) is 0.976. The second-order valence-electron chi connectivity index (χ2n) is 4.58. The lowest BCUT2D eigenvalue weighted by Gasteiger charge is -2.34. The highest BCUT2D eigenvalue weighted by Gasteiger charge is 2.26. The maximum absolute atomic E-state index is 14.2. The van der Waals surface area contributed by atoms with Crippen LogP contribution in [0.3, 0.4) is 0 Å². The summed E-state index contributed by atoms with van der Waals surface area (Å²) in [7, 11) is 0. The zero-order valence-corrected chi connectivity index (χ0v) is 12.4. The van der Waals surface area contributed by atoms with Gasteiger partial charge < -0.3 is 10.4 Å². The van der Waals surface area contributed by atoms with Gasteiger partial charge in [0.2, 0.25) is 0 Å². The van der Waals surface area contributed by atoms with Crippen LogP contribution < -0.4 is 5.32 Å². The molecule has 1 aromatic carbocycles. The Bertz CT molecular complexity index is 425. The lowest BCUT2D eigenvalue weighted by molar-refractivity contribution is 0.108. The largest absolute Gasteiger partial charge is 0.394 e. The standard InChI is InChI=1S/C13H18ClFN2O.ClH/c1-9-2-3-10(14)12(13(9)15)11(8-18)17-6-4-16-5-7-17;/h2-3,11,16,18H,4-8H2,1H3;1H/t11-;/m1./s1. The zero-order chi connectivity index (χ0) is 13.1. The van der Waals surface area contributed by atoms with E-state index in [1.54, 1.807) is 19.1 Å². The first-order valence-electron chi connectivity index (χ1n) is 6.15. The van der Waals surface area contributed by atoms with E-state index >= 15 is 0 Å². The summed E-state index contributed by atoms with van der Waals surface area (Å²) >= 11 is 6.10. The van der Waals surface area contributed by atoms with Gasteiger partial charge in [-0.1, -0.05) is 17.7 Å². The van der Waals surface area contributed by atoms with Crippen molar-refractivity contribution >= 4 is 24.0 Å². The minimum absolute atomic E-state index is 0. The predicted octanol–water partition coefficient (Wildman–Crippen LogP) is 2.15. The quantitative estimate of drug-likeness (QED) is 0.898. The number of aliphatic hydroxyl groups is 1. The number of nitrogens with one attached hydrogen (secondary N) is 1. The molecular formula is C13H19Cl2FN2O. The Morgan fingerprint density at radius 3 is 2.63 bits per heavy atom. The fraction of sp³-hybridized carbons (Fsp3) is 0.538. The number of rotatable bonds is 3. The van der Waals surface area contributed by atoms with Crippen molar-refractivity contribution in [1.29, 1.82) is 0 Å². The molecule has 1 aliphatic heterocycles. The molecule has 0 unspecified atom stereocenters. The van der Waals surface area contributed by atoms with Gasteiger partial charge in [0.05, 0.1) is 12.6 Å². The molecule has 2 rings (SSSR count). The average molecular weight is 309 g/mol. The van der Waals surface area contributed by atoms with Gasteiger partial charge in [-0.15, -0.1) is 12.4 Å². The Hall–Kier alpha value is -0.390. The highest BCUT2D eigenvalue weighted by atomic mass is 35.5. The smallest absolute Gasteiger partial charge is 0.132 e. The second-order valence-corrected chi connectivity index (χ2v) is 4.98. The summed E-state index contributed by atoms with van der Waals surface area (Å²) in [6.45, 7) is 4.86. The van der Waals surface area contributed by atoms with Crippen LogP contribution in [0.1, 0.15) is 17.2 Å². The van der Waals surface area contributed by atoms with Crippen LogP contribution in [-0.4, -0.2) is 42.8 Å². The number of aryl methyl sites for hydroxylation is 1. The summed E-state index contributed by atoms with van der Waals surface area (Å²) in [6, 6.07) is 2.99. The highest BCUT2D eigenvalue weighted by Crippen LogP contribution is 2.31. The van der Waals surface area contributed by atoms with E-state index in [9.17, 15) is 9.50 Å². The second kappa shape index (κ2) is 7.41. The van der Waals surface area contributed by atoms with E-state index in [2.05, 4.69) is 10.2 Å². The van der Waals surface area contributed by atoms with Gasteiger partial charge in [-0.2, -0.15) is 0 Å². The van der Waals surface area contributed by atoms with Crippen LogP contribution in [0.5, 0.6) is 0 Å². The summed E-state index contributed by atoms with van der Waals surface area (Å²) in [5, 5.41) is 13.2. The molecular weight excluding hydrogens is 290 g/mol. The molecule has 0 radical (unpaired) electrons. The van der Waals surface area contributed by atoms with Crippen LogP contribution in [-0.2, 0) is 0 Å². The average Bonchev–Trinajstić information content (AvgIpc) is 2.40. The molecule has 1 heterocycles. The van der Waals surface area contributed by atoms with Crippen LogP contribution in [0, 0.1) is 12.7 Å². The van der Waals surface area contributed by atoms with Gasteiger partial charge in [-0.05, 0) is 18.6 Å². The Balaban J connectivity index is 0.00000180. The molecule has 1 atom stereocenters. The number of hydrogen-bond donors (Lipinski definition) is 2. The Kier molecular flexibility index (Phi) is 6.50. The third kappa shape index (κ3) is 3.58. The SMILES string of the molecule is Cc1ccc(Cl)c([C@@H](CO)N2CCNCC2)c1F.Cl. The van der Waals surface area contributed by atoms with E-state index in [4.69, 9.17) is 11.6 Å². The lowest BCUT2D eigenvalue weighted by atomic mass is 10.0. The highest BCUT2D eigenvalue weighted by molar-refractivity contribution is 6.31. The van der Waals surface area contributed by atoms with Crippen molar-refractivity contribution < 1.29 is 9.50 Å². The maximum atomic E-state index is 14.2. The third-order valence-electron chi connectivity index (χ3n) is 3.42. The lowest BCUT2D eigenvalue weighted by Crippen LogP contribution is -2.46. The first-order chi connectivity index (χ1) is 8.65. The number of halogens is 3. The van der Waals surface area contributed by atoms with E-state index in [1.165, 1.54) is 0 Å². The van der Waals surface area contributed by atoms with Gasteiger partial charge in [0.1, 0.15) is 5.82 Å². The molecule has 0 amide bonds. The maximum Gasteiger partial charge on any atom is 0.132 e. The van der Waals surface area contributed by atoms with Crippen molar-refractivity contribution in [3.05, 3.63) is 34.1 Å². The van der Waals surface area contributed by atoms with E-state index in [1.807, 2.05) is 0 Å².